The quantitative estimate of drug-likeness (QED) is 0.663. The Morgan fingerprint density at radius 1 is 1.05 bits per heavy atom. The Kier molecular flexibility index (Phi) is 4.81. The highest BCUT2D eigenvalue weighted by atomic mass is 79.9. The molecule has 4 heteroatoms. The van der Waals surface area contributed by atoms with Gasteiger partial charge in [-0.05, 0) is 37.1 Å². The van der Waals surface area contributed by atoms with Gasteiger partial charge >= 0.3 is 0 Å². The molecule has 0 aliphatic carbocycles. The molecule has 0 aliphatic heterocycles. The molecule has 20 heavy (non-hydrogen) atoms. The van der Waals surface area contributed by atoms with E-state index in [9.17, 15) is 0 Å². The highest BCUT2D eigenvalue weighted by Gasteiger charge is 2.19. The van der Waals surface area contributed by atoms with E-state index in [1.807, 2.05) is 12.1 Å². The Balaban J connectivity index is 2.54. The first-order valence-corrected chi connectivity index (χ1v) is 7.23. The lowest BCUT2D eigenvalue weighted by Crippen LogP contribution is -2.29. The second-order valence-electron chi connectivity index (χ2n) is 4.87. The van der Waals surface area contributed by atoms with E-state index in [1.165, 1.54) is 11.1 Å². The topological polar surface area (TPSA) is 47.3 Å². The highest BCUT2D eigenvalue weighted by Crippen LogP contribution is 2.34. The summed E-state index contributed by atoms with van der Waals surface area (Å²) in [5.41, 5.74) is 7.37. The van der Waals surface area contributed by atoms with Crippen LogP contribution in [-0.2, 0) is 0 Å². The zero-order valence-electron chi connectivity index (χ0n) is 11.9. The number of ether oxygens (including phenoxy) is 1. The molecule has 2 aromatic carbocycles. The molecule has 0 aromatic heterocycles. The van der Waals surface area contributed by atoms with Crippen molar-refractivity contribution in [2.75, 3.05) is 7.11 Å². The third kappa shape index (κ3) is 3.03. The smallest absolute Gasteiger partial charge is 0.124 e. The largest absolute Gasteiger partial charge is 0.496 e. The molecule has 0 bridgehead atoms. The lowest BCUT2D eigenvalue weighted by molar-refractivity contribution is 0.404. The molecule has 2 rings (SSSR count). The zero-order chi connectivity index (χ0) is 14.7. The molecule has 0 spiro atoms. The summed E-state index contributed by atoms with van der Waals surface area (Å²) in [6, 6.07) is 12.2. The van der Waals surface area contributed by atoms with Crippen molar-refractivity contribution < 1.29 is 4.74 Å². The van der Waals surface area contributed by atoms with Crippen LogP contribution in [0.2, 0.25) is 0 Å². The van der Waals surface area contributed by atoms with Gasteiger partial charge in [-0.25, -0.2) is 5.43 Å². The Morgan fingerprint density at radius 2 is 1.70 bits per heavy atom. The van der Waals surface area contributed by atoms with Gasteiger partial charge < -0.3 is 4.74 Å². The van der Waals surface area contributed by atoms with Gasteiger partial charge in [-0.2, -0.15) is 0 Å². The van der Waals surface area contributed by atoms with Crippen molar-refractivity contribution in [3.8, 4) is 5.75 Å². The van der Waals surface area contributed by atoms with E-state index in [1.54, 1.807) is 7.11 Å². The molecule has 1 unspecified atom stereocenters. The summed E-state index contributed by atoms with van der Waals surface area (Å²) in [5, 5.41) is 0. The SMILES string of the molecule is COc1ccc(C)cc1C(NN)c1ccc(C)cc1Br. The summed E-state index contributed by atoms with van der Waals surface area (Å²) in [6.45, 7) is 4.12. The van der Waals surface area contributed by atoms with Gasteiger partial charge in [0.1, 0.15) is 5.75 Å². The summed E-state index contributed by atoms with van der Waals surface area (Å²) in [5.74, 6) is 6.62. The molecule has 0 saturated carbocycles. The number of nitrogens with two attached hydrogens (primary N) is 1. The van der Waals surface area contributed by atoms with Crippen molar-refractivity contribution in [2.45, 2.75) is 19.9 Å². The van der Waals surface area contributed by atoms with Gasteiger partial charge in [0.05, 0.1) is 13.2 Å². The van der Waals surface area contributed by atoms with Crippen molar-refractivity contribution in [1.29, 1.82) is 0 Å². The van der Waals surface area contributed by atoms with Crippen LogP contribution < -0.4 is 16.0 Å². The van der Waals surface area contributed by atoms with E-state index >= 15 is 0 Å². The van der Waals surface area contributed by atoms with E-state index in [2.05, 4.69) is 59.5 Å². The average Bonchev–Trinajstić information content (AvgIpc) is 2.42. The highest BCUT2D eigenvalue weighted by molar-refractivity contribution is 9.10. The Hall–Kier alpha value is -1.36. The summed E-state index contributed by atoms with van der Waals surface area (Å²) in [6.07, 6.45) is 0. The fraction of sp³-hybridized carbons (Fsp3) is 0.250. The van der Waals surface area contributed by atoms with Crippen molar-refractivity contribution in [3.05, 3.63) is 63.1 Å². The van der Waals surface area contributed by atoms with Crippen LogP contribution in [0.25, 0.3) is 0 Å². The molecule has 1 atom stereocenters. The minimum Gasteiger partial charge on any atom is -0.496 e. The molecule has 106 valence electrons. The van der Waals surface area contributed by atoms with Gasteiger partial charge in [-0.3, -0.25) is 5.84 Å². The van der Waals surface area contributed by atoms with Gasteiger partial charge in [0.25, 0.3) is 0 Å². The van der Waals surface area contributed by atoms with Crippen LogP contribution in [-0.4, -0.2) is 7.11 Å². The van der Waals surface area contributed by atoms with Gasteiger partial charge in [0, 0.05) is 10.0 Å². The molecule has 0 fully saturated rings. The van der Waals surface area contributed by atoms with Gasteiger partial charge in [-0.1, -0.05) is 45.8 Å². The van der Waals surface area contributed by atoms with Crippen LogP contribution in [0.3, 0.4) is 0 Å². The van der Waals surface area contributed by atoms with E-state index in [-0.39, 0.29) is 6.04 Å². The van der Waals surface area contributed by atoms with Crippen molar-refractivity contribution in [1.82, 2.24) is 5.43 Å². The second-order valence-corrected chi connectivity index (χ2v) is 5.72. The Bertz CT molecular complexity index is 613. The predicted octanol–water partition coefficient (Wildman–Crippen LogP) is 3.63. The van der Waals surface area contributed by atoms with E-state index in [4.69, 9.17) is 10.6 Å². The maximum Gasteiger partial charge on any atom is 0.124 e. The third-order valence-corrected chi connectivity index (χ3v) is 4.02. The number of hydrazine groups is 1. The Morgan fingerprint density at radius 3 is 2.30 bits per heavy atom. The van der Waals surface area contributed by atoms with Crippen LogP contribution in [0.5, 0.6) is 5.75 Å². The van der Waals surface area contributed by atoms with Crippen LogP contribution in [0.4, 0.5) is 0 Å². The number of benzene rings is 2. The second kappa shape index (κ2) is 6.39. The number of hydrogen-bond acceptors (Lipinski definition) is 3. The molecule has 0 aliphatic rings. The molecule has 0 amide bonds. The molecule has 2 aromatic rings. The minimum absolute atomic E-state index is 0.125. The Labute approximate surface area is 128 Å². The summed E-state index contributed by atoms with van der Waals surface area (Å²) < 4.78 is 6.49. The first kappa shape index (κ1) is 15.0. The van der Waals surface area contributed by atoms with Crippen LogP contribution in [0.15, 0.2) is 40.9 Å². The average molecular weight is 335 g/mol. The predicted molar refractivity (Wildman–Crippen MR) is 85.8 cm³/mol. The third-order valence-electron chi connectivity index (χ3n) is 3.33. The maximum absolute atomic E-state index is 5.79. The molecule has 3 N–H and O–H groups in total. The standard InChI is InChI=1S/C16H19BrN2O/c1-10-5-7-15(20-3)13(8-10)16(19-18)12-6-4-11(2)9-14(12)17/h4-9,16,19H,18H2,1-3H3. The molecule has 0 heterocycles. The molecular formula is C16H19BrN2O. The van der Waals surface area contributed by atoms with Crippen LogP contribution >= 0.6 is 15.9 Å². The number of methoxy groups -OCH3 is 1. The lowest BCUT2D eigenvalue weighted by atomic mass is 9.96. The monoisotopic (exact) mass is 334 g/mol. The number of hydrogen-bond donors (Lipinski definition) is 2. The van der Waals surface area contributed by atoms with Crippen molar-refractivity contribution in [2.24, 2.45) is 5.84 Å². The minimum atomic E-state index is -0.125. The molecule has 0 radical (unpaired) electrons. The van der Waals surface area contributed by atoms with Crippen LogP contribution in [0, 0.1) is 13.8 Å². The first-order chi connectivity index (χ1) is 9.56. The lowest BCUT2D eigenvalue weighted by Gasteiger charge is -2.21. The van der Waals surface area contributed by atoms with E-state index in [0.717, 1.165) is 21.3 Å². The number of halogens is 1. The van der Waals surface area contributed by atoms with Gasteiger partial charge in [0.2, 0.25) is 0 Å². The number of rotatable bonds is 4. The normalized spacial score (nSPS) is 12.2. The fourth-order valence-electron chi connectivity index (χ4n) is 2.29. The molecule has 0 saturated heterocycles. The van der Waals surface area contributed by atoms with Crippen molar-refractivity contribution >= 4 is 15.9 Å². The summed E-state index contributed by atoms with van der Waals surface area (Å²) in [4.78, 5) is 0. The van der Waals surface area contributed by atoms with Gasteiger partial charge in [-0.15, -0.1) is 0 Å². The van der Waals surface area contributed by atoms with E-state index in [0.29, 0.717) is 0 Å². The molecule has 3 nitrogen and oxygen atoms in total. The van der Waals surface area contributed by atoms with Crippen molar-refractivity contribution in [3.63, 3.8) is 0 Å². The zero-order valence-corrected chi connectivity index (χ0v) is 13.5. The van der Waals surface area contributed by atoms with E-state index < -0.39 is 0 Å². The molecular weight excluding hydrogens is 316 g/mol. The number of aryl methyl sites for hydroxylation is 2. The number of nitrogens with one attached hydrogen (secondary N) is 1. The summed E-state index contributed by atoms with van der Waals surface area (Å²) >= 11 is 3.61. The summed E-state index contributed by atoms with van der Waals surface area (Å²) in [7, 11) is 1.67. The maximum atomic E-state index is 5.79. The first-order valence-electron chi connectivity index (χ1n) is 6.43. The van der Waals surface area contributed by atoms with Gasteiger partial charge in [0.15, 0.2) is 0 Å². The van der Waals surface area contributed by atoms with Crippen LogP contribution in [0.1, 0.15) is 28.3 Å². The fourth-order valence-corrected chi connectivity index (χ4v) is 3.01.